The van der Waals surface area contributed by atoms with Crippen molar-refractivity contribution in [1.82, 2.24) is 29.6 Å². The van der Waals surface area contributed by atoms with Crippen LogP contribution in [0.4, 0.5) is 11.6 Å². The van der Waals surface area contributed by atoms with E-state index in [4.69, 9.17) is 19.2 Å². The van der Waals surface area contributed by atoms with E-state index in [0.29, 0.717) is 46.3 Å². The third-order valence-electron chi connectivity index (χ3n) is 7.61. The summed E-state index contributed by atoms with van der Waals surface area (Å²) < 4.78 is 18.8. The van der Waals surface area contributed by atoms with Crippen molar-refractivity contribution in [2.24, 2.45) is 0 Å². The molecular weight excluding hydrogens is 522 g/mol. The molecule has 216 valence electrons. The number of hydrogen-bond acceptors (Lipinski definition) is 10. The van der Waals surface area contributed by atoms with Gasteiger partial charge in [0.05, 0.1) is 37.7 Å². The molecule has 3 heterocycles. The van der Waals surface area contributed by atoms with Crippen molar-refractivity contribution in [3.05, 3.63) is 53.1 Å². The van der Waals surface area contributed by atoms with Gasteiger partial charge in [-0.25, -0.2) is 0 Å². The summed E-state index contributed by atoms with van der Waals surface area (Å²) in [5.41, 5.74) is 2.56. The number of rotatable bonds is 12. The van der Waals surface area contributed by atoms with E-state index in [9.17, 15) is 4.79 Å². The van der Waals surface area contributed by atoms with Crippen LogP contribution in [0, 0.1) is 0 Å². The Kier molecular flexibility index (Phi) is 8.93. The number of methoxy groups -OCH3 is 2. The maximum absolute atomic E-state index is 14.1. The third kappa shape index (κ3) is 6.09. The number of benzene rings is 1. The van der Waals surface area contributed by atoms with Gasteiger partial charge in [-0.1, -0.05) is 26.7 Å². The van der Waals surface area contributed by atoms with E-state index in [1.165, 1.54) is 0 Å². The molecule has 1 aromatic carbocycles. The summed E-state index contributed by atoms with van der Waals surface area (Å²) in [5, 5.41) is 12.0. The Bertz CT molecular complexity index is 1510. The van der Waals surface area contributed by atoms with E-state index in [1.807, 2.05) is 24.3 Å². The van der Waals surface area contributed by atoms with Gasteiger partial charge in [-0.15, -0.1) is 10.2 Å². The monoisotopic (exact) mass is 559 g/mol. The Morgan fingerprint density at radius 3 is 2.32 bits per heavy atom. The van der Waals surface area contributed by atoms with E-state index in [-0.39, 0.29) is 11.6 Å². The topological polar surface area (TPSA) is 117 Å². The second-order valence-electron chi connectivity index (χ2n) is 9.96. The van der Waals surface area contributed by atoms with Crippen LogP contribution in [0.25, 0.3) is 22.3 Å². The van der Waals surface area contributed by atoms with Crippen molar-refractivity contribution in [2.75, 3.05) is 45.8 Å². The van der Waals surface area contributed by atoms with Gasteiger partial charge in [0.1, 0.15) is 29.4 Å². The minimum Gasteiger partial charge on any atom is -0.494 e. The molecule has 1 fully saturated rings. The highest BCUT2D eigenvalue weighted by Crippen LogP contribution is 2.38. The highest BCUT2D eigenvalue weighted by molar-refractivity contribution is 5.83. The lowest BCUT2D eigenvalue weighted by molar-refractivity contribution is 0.223. The van der Waals surface area contributed by atoms with E-state index in [0.717, 1.165) is 56.8 Å². The van der Waals surface area contributed by atoms with Crippen LogP contribution in [0.1, 0.15) is 45.6 Å². The zero-order chi connectivity index (χ0) is 28.8. The van der Waals surface area contributed by atoms with Gasteiger partial charge in [0.25, 0.3) is 5.56 Å². The Morgan fingerprint density at radius 2 is 1.68 bits per heavy atom. The zero-order valence-electron chi connectivity index (χ0n) is 24.1. The summed E-state index contributed by atoms with van der Waals surface area (Å²) in [6.07, 6.45) is 7.03. The van der Waals surface area contributed by atoms with Crippen LogP contribution >= 0.6 is 0 Å². The fourth-order valence-electron chi connectivity index (χ4n) is 5.35. The van der Waals surface area contributed by atoms with Crippen molar-refractivity contribution in [3.8, 4) is 28.4 Å². The van der Waals surface area contributed by atoms with Crippen LogP contribution in [0.3, 0.4) is 0 Å². The molecule has 1 aliphatic carbocycles. The first kappa shape index (κ1) is 28.3. The lowest BCUT2D eigenvalue weighted by Gasteiger charge is -2.19. The van der Waals surface area contributed by atoms with Gasteiger partial charge in [-0.2, -0.15) is 4.98 Å². The molecule has 0 saturated heterocycles. The van der Waals surface area contributed by atoms with E-state index in [2.05, 4.69) is 39.2 Å². The van der Waals surface area contributed by atoms with Gasteiger partial charge in [0, 0.05) is 18.3 Å². The maximum atomic E-state index is 14.1. The molecule has 0 spiro atoms. The number of fused-ring (bicyclic) bond motifs is 1. The molecule has 11 nitrogen and oxygen atoms in total. The van der Waals surface area contributed by atoms with Crippen molar-refractivity contribution >= 4 is 22.8 Å². The minimum absolute atomic E-state index is 0.0149. The summed E-state index contributed by atoms with van der Waals surface area (Å²) in [6, 6.07) is 9.37. The molecule has 1 N–H and O–H groups in total. The summed E-state index contributed by atoms with van der Waals surface area (Å²) >= 11 is 0. The molecule has 0 amide bonds. The Morgan fingerprint density at radius 1 is 1.00 bits per heavy atom. The average molecular weight is 560 g/mol. The smallest absolute Gasteiger partial charge is 0.260 e. The molecule has 0 bridgehead atoms. The second kappa shape index (κ2) is 12.9. The summed E-state index contributed by atoms with van der Waals surface area (Å²) in [6.45, 7) is 7.82. The predicted octanol–water partition coefficient (Wildman–Crippen LogP) is 4.85. The van der Waals surface area contributed by atoms with Gasteiger partial charge >= 0.3 is 0 Å². The van der Waals surface area contributed by atoms with Crippen molar-refractivity contribution in [1.29, 1.82) is 0 Å². The van der Waals surface area contributed by atoms with E-state index >= 15 is 0 Å². The Balaban J connectivity index is 1.47. The fourth-order valence-corrected chi connectivity index (χ4v) is 5.35. The first-order valence-electron chi connectivity index (χ1n) is 14.1. The number of anilines is 2. The zero-order valence-corrected chi connectivity index (χ0v) is 24.1. The number of ether oxygens (including phenoxy) is 3. The van der Waals surface area contributed by atoms with Gasteiger partial charge in [-0.3, -0.25) is 14.3 Å². The molecule has 4 aromatic rings. The number of likely N-dealkylation sites (N-methyl/N-ethyl adjacent to an activating group) is 1. The highest BCUT2D eigenvalue weighted by Gasteiger charge is 2.26. The van der Waals surface area contributed by atoms with Gasteiger partial charge < -0.3 is 24.4 Å². The maximum Gasteiger partial charge on any atom is 0.260 e. The third-order valence-corrected chi connectivity index (χ3v) is 7.61. The van der Waals surface area contributed by atoms with Crippen LogP contribution in [0.2, 0.25) is 0 Å². The summed E-state index contributed by atoms with van der Waals surface area (Å²) in [7, 11) is 3.08. The van der Waals surface area contributed by atoms with E-state index in [1.54, 1.807) is 37.2 Å². The van der Waals surface area contributed by atoms with Gasteiger partial charge in [0.15, 0.2) is 5.65 Å². The number of nitrogens with one attached hydrogen (secondary N) is 1. The average Bonchev–Trinajstić information content (AvgIpc) is 3.54. The second-order valence-corrected chi connectivity index (χ2v) is 9.96. The summed E-state index contributed by atoms with van der Waals surface area (Å²) in [5.74, 6) is 1.99. The molecule has 3 aromatic heterocycles. The molecule has 0 radical (unpaired) electrons. The molecule has 5 rings (SSSR count). The lowest BCUT2D eigenvalue weighted by atomic mass is 10.1. The van der Waals surface area contributed by atoms with Crippen LogP contribution in [0.15, 0.2) is 47.5 Å². The normalized spacial score (nSPS) is 13.6. The largest absolute Gasteiger partial charge is 0.494 e. The van der Waals surface area contributed by atoms with Gasteiger partial charge in [0.2, 0.25) is 5.95 Å². The van der Waals surface area contributed by atoms with Crippen molar-refractivity contribution in [2.45, 2.75) is 45.6 Å². The SMILES string of the molecule is CCN(CC)CCOc1ccc(Nc2nnc3cc(-c4c(OC)cncc4OC)c(=O)n(C4CCCC4)c3n2)cc1. The van der Waals surface area contributed by atoms with Gasteiger partial charge in [-0.05, 0) is 56.3 Å². The Labute approximate surface area is 239 Å². The van der Waals surface area contributed by atoms with Crippen LogP contribution in [-0.4, -0.2) is 70.1 Å². The molecule has 1 saturated carbocycles. The molecule has 41 heavy (non-hydrogen) atoms. The van der Waals surface area contributed by atoms with Crippen molar-refractivity contribution < 1.29 is 14.2 Å². The molecule has 11 heteroatoms. The molecule has 0 atom stereocenters. The molecule has 1 aliphatic rings. The number of hydrogen-bond donors (Lipinski definition) is 1. The highest BCUT2D eigenvalue weighted by atomic mass is 16.5. The van der Waals surface area contributed by atoms with Crippen LogP contribution in [0.5, 0.6) is 17.2 Å². The first-order chi connectivity index (χ1) is 20.1. The standard InChI is InChI=1S/C30H37N7O4/c1-5-36(6-2)15-16-41-22-13-11-20(12-14-22)32-30-33-28-24(34-35-30)17-23(29(38)37(28)21-9-7-8-10-21)27-25(39-3)18-31-19-26(27)40-4/h11-14,17-19,21H,5-10,15-16H2,1-4H3,(H,32,33,35). The lowest BCUT2D eigenvalue weighted by Crippen LogP contribution is -2.27. The predicted molar refractivity (Wildman–Crippen MR) is 158 cm³/mol. The van der Waals surface area contributed by atoms with Crippen LogP contribution < -0.4 is 25.1 Å². The molecular formula is C30H37N7O4. The first-order valence-corrected chi connectivity index (χ1v) is 14.1. The van der Waals surface area contributed by atoms with Crippen LogP contribution in [-0.2, 0) is 0 Å². The number of nitrogens with zero attached hydrogens (tertiary/aromatic N) is 6. The fraction of sp³-hybridized carbons (Fsp3) is 0.433. The number of aromatic nitrogens is 5. The molecule has 0 aliphatic heterocycles. The quantitative estimate of drug-likeness (QED) is 0.258. The summed E-state index contributed by atoms with van der Waals surface area (Å²) in [4.78, 5) is 25.3. The molecule has 0 unspecified atom stereocenters. The van der Waals surface area contributed by atoms with Crippen molar-refractivity contribution in [3.63, 3.8) is 0 Å². The van der Waals surface area contributed by atoms with E-state index < -0.39 is 0 Å². The number of pyridine rings is 2. The Hall–Kier alpha value is -4.25. The minimum atomic E-state index is -0.176.